The number of hydrogen-bond donors (Lipinski definition) is 2. The van der Waals surface area contributed by atoms with Crippen molar-refractivity contribution in [1.29, 1.82) is 0 Å². The molecule has 8 heteroatoms. The number of halogens is 3. The van der Waals surface area contributed by atoms with Crippen molar-refractivity contribution >= 4 is 22.6 Å². The van der Waals surface area contributed by atoms with Gasteiger partial charge in [0.05, 0.1) is 12.1 Å². The molecular weight excluding hydrogens is 397 g/mol. The maximum atomic E-state index is 12.4. The summed E-state index contributed by atoms with van der Waals surface area (Å²) in [7, 11) is 0. The first-order chi connectivity index (χ1) is 14.2. The molecule has 0 saturated heterocycles. The molecule has 1 heterocycles. The molecule has 0 radical (unpaired) electrons. The number of rotatable bonds is 4. The van der Waals surface area contributed by atoms with Gasteiger partial charge in [-0.3, -0.25) is 9.59 Å². The number of alkyl halides is 3. The molecule has 1 aliphatic rings. The highest BCUT2D eigenvalue weighted by molar-refractivity contribution is 6.07. The van der Waals surface area contributed by atoms with E-state index in [0.29, 0.717) is 4.90 Å². The van der Waals surface area contributed by atoms with E-state index in [0.717, 1.165) is 16.3 Å². The second kappa shape index (κ2) is 11.2. The molecule has 2 amide bonds. The van der Waals surface area contributed by atoms with Crippen molar-refractivity contribution in [3.8, 4) is 0 Å². The first kappa shape index (κ1) is 25.0. The number of fused-ring (bicyclic) bond motifs is 1. The minimum atomic E-state index is -4.60. The van der Waals surface area contributed by atoms with E-state index < -0.39 is 36.8 Å². The minimum Gasteiger partial charge on any atom is -0.503 e. The molecule has 2 N–H and O–H groups in total. The number of carbonyl (C=O) groups excluding carboxylic acids is 2. The van der Waals surface area contributed by atoms with E-state index in [9.17, 15) is 27.9 Å². The third-order valence-corrected chi connectivity index (χ3v) is 4.04. The van der Waals surface area contributed by atoms with E-state index in [2.05, 4.69) is 5.32 Å². The van der Waals surface area contributed by atoms with E-state index in [-0.39, 0.29) is 12.1 Å². The predicted molar refractivity (Wildman–Crippen MR) is 111 cm³/mol. The topological polar surface area (TPSA) is 69.6 Å². The largest absolute Gasteiger partial charge is 0.503 e. The van der Waals surface area contributed by atoms with Crippen LogP contribution in [0.3, 0.4) is 0 Å². The van der Waals surface area contributed by atoms with Gasteiger partial charge in [-0.2, -0.15) is 13.2 Å². The Morgan fingerprint density at radius 1 is 1.07 bits per heavy atom. The van der Waals surface area contributed by atoms with Gasteiger partial charge in [-0.1, -0.05) is 64.1 Å². The molecule has 0 unspecified atom stereocenters. The first-order valence-corrected chi connectivity index (χ1v) is 9.78. The van der Waals surface area contributed by atoms with E-state index in [1.165, 1.54) is 0 Å². The number of aliphatic hydroxyl groups is 1. The Morgan fingerprint density at radius 3 is 2.27 bits per heavy atom. The van der Waals surface area contributed by atoms with Crippen molar-refractivity contribution in [2.45, 2.75) is 40.4 Å². The average molecular weight is 424 g/mol. The number of nitrogens with zero attached hydrogens (tertiary/aromatic N) is 1. The van der Waals surface area contributed by atoms with Gasteiger partial charge in [-0.15, -0.1) is 0 Å². The number of nitrogens with one attached hydrogen (secondary N) is 1. The molecule has 1 aliphatic heterocycles. The minimum absolute atomic E-state index is 0.119. The summed E-state index contributed by atoms with van der Waals surface area (Å²) in [4.78, 5) is 24.2. The maximum Gasteiger partial charge on any atom is 0.406 e. The van der Waals surface area contributed by atoms with Gasteiger partial charge in [0.15, 0.2) is 5.76 Å². The van der Waals surface area contributed by atoms with Gasteiger partial charge in [-0.25, -0.2) is 0 Å². The normalized spacial score (nSPS) is 13.4. The van der Waals surface area contributed by atoms with Crippen LogP contribution in [0.1, 0.15) is 33.3 Å². The fourth-order valence-electron chi connectivity index (χ4n) is 2.78. The summed E-state index contributed by atoms with van der Waals surface area (Å²) in [5.74, 6) is -2.91. The molecule has 2 aromatic rings. The van der Waals surface area contributed by atoms with Crippen molar-refractivity contribution in [3.05, 3.63) is 59.4 Å². The van der Waals surface area contributed by atoms with Crippen LogP contribution in [0.5, 0.6) is 0 Å². The van der Waals surface area contributed by atoms with E-state index in [1.54, 1.807) is 0 Å². The molecule has 30 heavy (non-hydrogen) atoms. The first-order valence-electron chi connectivity index (χ1n) is 9.78. The number of hydrogen-bond acceptors (Lipinski definition) is 3. The van der Waals surface area contributed by atoms with E-state index in [1.807, 2.05) is 70.2 Å². The summed E-state index contributed by atoms with van der Waals surface area (Å²) in [6.45, 7) is 6.03. The standard InChI is InChI=1S/C18H15F3N2O3.2C2H6/c19-18(20,21)10-23-9-14(15(24)17(23)26)16(25)22-8-11-5-6-12-3-1-2-4-13(12)7-11;2*1-2/h1-7,24H,8-10H2,(H,22,25);2*1-2H3. The molecular formula is C22H27F3N2O3. The summed E-state index contributed by atoms with van der Waals surface area (Å²) in [6.07, 6.45) is -4.60. The summed E-state index contributed by atoms with van der Waals surface area (Å²) in [6, 6.07) is 13.2. The Labute approximate surface area is 174 Å². The lowest BCUT2D eigenvalue weighted by atomic mass is 10.1. The van der Waals surface area contributed by atoms with Crippen molar-refractivity contribution < 1.29 is 27.9 Å². The summed E-state index contributed by atoms with van der Waals surface area (Å²) in [5.41, 5.74) is 0.425. The van der Waals surface area contributed by atoms with Gasteiger partial charge >= 0.3 is 6.18 Å². The van der Waals surface area contributed by atoms with Gasteiger partial charge in [0.25, 0.3) is 11.8 Å². The Bertz CT molecular complexity index is 908. The molecule has 0 saturated carbocycles. The molecule has 0 aromatic heterocycles. The van der Waals surface area contributed by atoms with Crippen LogP contribution >= 0.6 is 0 Å². The highest BCUT2D eigenvalue weighted by atomic mass is 19.4. The molecule has 0 atom stereocenters. The quantitative estimate of drug-likeness (QED) is 0.746. The Morgan fingerprint density at radius 2 is 1.67 bits per heavy atom. The second-order valence-electron chi connectivity index (χ2n) is 5.97. The van der Waals surface area contributed by atoms with Gasteiger partial charge < -0.3 is 15.3 Å². The smallest absolute Gasteiger partial charge is 0.406 e. The zero-order valence-electron chi connectivity index (χ0n) is 17.5. The van der Waals surface area contributed by atoms with Crippen LogP contribution in [0.25, 0.3) is 10.8 Å². The Hall–Kier alpha value is -3.03. The average Bonchev–Trinajstić information content (AvgIpc) is 3.02. The predicted octanol–water partition coefficient (Wildman–Crippen LogP) is 4.73. The Kier molecular flexibility index (Phi) is 9.36. The van der Waals surface area contributed by atoms with Gasteiger partial charge in [0.1, 0.15) is 6.54 Å². The molecule has 0 spiro atoms. The van der Waals surface area contributed by atoms with Crippen molar-refractivity contribution in [2.24, 2.45) is 0 Å². The lowest BCUT2D eigenvalue weighted by Gasteiger charge is -2.17. The summed E-state index contributed by atoms with van der Waals surface area (Å²) >= 11 is 0. The molecule has 164 valence electrons. The molecule has 0 bridgehead atoms. The fraction of sp³-hybridized carbons (Fsp3) is 0.364. The highest BCUT2D eigenvalue weighted by Crippen LogP contribution is 2.23. The molecule has 3 rings (SSSR count). The molecule has 5 nitrogen and oxygen atoms in total. The summed E-state index contributed by atoms with van der Waals surface area (Å²) in [5, 5.41) is 14.2. The SMILES string of the molecule is CC.CC.O=C(NCc1ccc2ccccc2c1)C1=C(O)C(=O)N(CC(F)(F)F)C1. The lowest BCUT2D eigenvalue weighted by Crippen LogP contribution is -2.37. The third kappa shape index (κ3) is 6.50. The number of aliphatic hydroxyl groups excluding tert-OH is 1. The van der Waals surface area contributed by atoms with Crippen LogP contribution in [0.4, 0.5) is 13.2 Å². The highest BCUT2D eigenvalue weighted by Gasteiger charge is 2.40. The maximum absolute atomic E-state index is 12.4. The monoisotopic (exact) mass is 424 g/mol. The zero-order valence-corrected chi connectivity index (χ0v) is 17.5. The number of benzene rings is 2. The van der Waals surface area contributed by atoms with Crippen LogP contribution < -0.4 is 5.32 Å². The van der Waals surface area contributed by atoms with Crippen LogP contribution in [0.2, 0.25) is 0 Å². The van der Waals surface area contributed by atoms with Gasteiger partial charge in [0.2, 0.25) is 0 Å². The molecule has 0 aliphatic carbocycles. The number of amides is 2. The van der Waals surface area contributed by atoms with Gasteiger partial charge in [-0.05, 0) is 22.4 Å². The molecule has 0 fully saturated rings. The number of carbonyl (C=O) groups is 2. The van der Waals surface area contributed by atoms with E-state index >= 15 is 0 Å². The summed E-state index contributed by atoms with van der Waals surface area (Å²) < 4.78 is 37.3. The fourth-order valence-corrected chi connectivity index (χ4v) is 2.78. The van der Waals surface area contributed by atoms with Gasteiger partial charge in [0, 0.05) is 6.54 Å². The van der Waals surface area contributed by atoms with Crippen molar-refractivity contribution in [3.63, 3.8) is 0 Å². The van der Waals surface area contributed by atoms with Crippen LogP contribution in [0, 0.1) is 0 Å². The Balaban J connectivity index is 0.00000106. The third-order valence-electron chi connectivity index (χ3n) is 4.04. The zero-order chi connectivity index (χ0) is 22.9. The second-order valence-corrected chi connectivity index (χ2v) is 5.97. The lowest BCUT2D eigenvalue weighted by molar-refractivity contribution is -0.157. The molecule has 2 aromatic carbocycles. The van der Waals surface area contributed by atoms with Crippen molar-refractivity contribution in [1.82, 2.24) is 10.2 Å². The van der Waals surface area contributed by atoms with E-state index in [4.69, 9.17) is 0 Å². The van der Waals surface area contributed by atoms with Crippen LogP contribution in [-0.2, 0) is 16.1 Å². The van der Waals surface area contributed by atoms with Crippen LogP contribution in [0.15, 0.2) is 53.8 Å². The van der Waals surface area contributed by atoms with Crippen molar-refractivity contribution in [2.75, 3.05) is 13.1 Å². The van der Waals surface area contributed by atoms with Crippen LogP contribution in [-0.4, -0.2) is 41.1 Å².